The van der Waals surface area contributed by atoms with Crippen molar-refractivity contribution in [2.75, 3.05) is 7.05 Å². The summed E-state index contributed by atoms with van der Waals surface area (Å²) in [5.41, 5.74) is 3.95. The summed E-state index contributed by atoms with van der Waals surface area (Å²) in [7, 11) is 1.89. The maximum absolute atomic E-state index is 13.9. The van der Waals surface area contributed by atoms with E-state index in [1.165, 1.54) is 5.56 Å². The molecule has 1 N–H and O–H groups in total. The van der Waals surface area contributed by atoms with Crippen LogP contribution >= 0.6 is 0 Å². The zero-order valence-corrected chi connectivity index (χ0v) is 10.8. The lowest BCUT2D eigenvalue weighted by Gasteiger charge is -2.08. The fourth-order valence-electron chi connectivity index (χ4n) is 2.07. The topological polar surface area (TPSA) is 12.0 Å². The highest BCUT2D eigenvalue weighted by Crippen LogP contribution is 2.25. The van der Waals surface area contributed by atoms with Gasteiger partial charge in [0.05, 0.1) is 0 Å². The smallest absolute Gasteiger partial charge is 0.131 e. The molecule has 2 aromatic rings. The first-order chi connectivity index (χ1) is 8.74. The first-order valence-electron chi connectivity index (χ1n) is 6.27. The van der Waals surface area contributed by atoms with Crippen molar-refractivity contribution in [1.29, 1.82) is 0 Å². The van der Waals surface area contributed by atoms with Crippen LogP contribution in [0, 0.1) is 5.82 Å². The lowest BCUT2D eigenvalue weighted by atomic mass is 9.99. The standard InChI is InChI=1S/C16H18FN/c1-3-12-5-4-6-14(9-12)15-10-13(11-18-2)7-8-16(15)17/h4-10,18H,3,11H2,1-2H3. The Bertz CT molecular complexity index is 534. The van der Waals surface area contributed by atoms with E-state index in [9.17, 15) is 4.39 Å². The summed E-state index contributed by atoms with van der Waals surface area (Å²) in [6.45, 7) is 2.85. The van der Waals surface area contributed by atoms with E-state index in [1.807, 2.05) is 31.3 Å². The Labute approximate surface area is 108 Å². The van der Waals surface area contributed by atoms with Crippen LogP contribution in [-0.2, 0) is 13.0 Å². The summed E-state index contributed by atoms with van der Waals surface area (Å²) >= 11 is 0. The first-order valence-corrected chi connectivity index (χ1v) is 6.27. The van der Waals surface area contributed by atoms with Crippen LogP contribution < -0.4 is 5.32 Å². The number of hydrogen-bond acceptors (Lipinski definition) is 1. The molecule has 0 saturated carbocycles. The van der Waals surface area contributed by atoms with Crippen molar-refractivity contribution in [3.05, 3.63) is 59.4 Å². The van der Waals surface area contributed by atoms with Crippen molar-refractivity contribution in [3.8, 4) is 11.1 Å². The molecule has 0 fully saturated rings. The number of halogens is 1. The van der Waals surface area contributed by atoms with Gasteiger partial charge >= 0.3 is 0 Å². The van der Waals surface area contributed by atoms with Gasteiger partial charge in [0.15, 0.2) is 0 Å². The second-order valence-electron chi connectivity index (χ2n) is 4.40. The van der Waals surface area contributed by atoms with Crippen molar-refractivity contribution >= 4 is 0 Å². The Kier molecular flexibility index (Phi) is 4.11. The van der Waals surface area contributed by atoms with E-state index in [0.717, 1.165) is 24.1 Å². The van der Waals surface area contributed by atoms with Gasteiger partial charge in [0.1, 0.15) is 5.82 Å². The maximum Gasteiger partial charge on any atom is 0.131 e. The zero-order chi connectivity index (χ0) is 13.0. The van der Waals surface area contributed by atoms with Gasteiger partial charge in [-0.3, -0.25) is 0 Å². The molecule has 0 unspecified atom stereocenters. The summed E-state index contributed by atoms with van der Waals surface area (Å²) in [6, 6.07) is 13.3. The van der Waals surface area contributed by atoms with E-state index in [0.29, 0.717) is 5.56 Å². The lowest BCUT2D eigenvalue weighted by Crippen LogP contribution is -2.05. The number of benzene rings is 2. The molecule has 0 amide bonds. The molecule has 18 heavy (non-hydrogen) atoms. The van der Waals surface area contributed by atoms with Crippen LogP contribution in [0.25, 0.3) is 11.1 Å². The van der Waals surface area contributed by atoms with Gasteiger partial charge < -0.3 is 5.32 Å². The third kappa shape index (κ3) is 2.77. The molecule has 0 spiro atoms. The molecule has 0 aliphatic carbocycles. The van der Waals surface area contributed by atoms with E-state index in [2.05, 4.69) is 24.4 Å². The molecule has 0 bridgehead atoms. The SMILES string of the molecule is CCc1cccc(-c2cc(CNC)ccc2F)c1. The molecule has 1 nitrogen and oxygen atoms in total. The normalized spacial score (nSPS) is 10.6. The molecule has 0 aliphatic heterocycles. The number of rotatable bonds is 4. The van der Waals surface area contributed by atoms with Crippen LogP contribution in [0.3, 0.4) is 0 Å². The average Bonchev–Trinajstić information content (AvgIpc) is 2.41. The molecule has 94 valence electrons. The fraction of sp³-hybridized carbons (Fsp3) is 0.250. The van der Waals surface area contributed by atoms with Gasteiger partial charge in [-0.25, -0.2) is 4.39 Å². The third-order valence-corrected chi connectivity index (χ3v) is 3.06. The largest absolute Gasteiger partial charge is 0.316 e. The Morgan fingerprint density at radius 3 is 2.61 bits per heavy atom. The van der Waals surface area contributed by atoms with Crippen molar-refractivity contribution in [3.63, 3.8) is 0 Å². The monoisotopic (exact) mass is 243 g/mol. The van der Waals surface area contributed by atoms with E-state index < -0.39 is 0 Å². The molecule has 2 heteroatoms. The Morgan fingerprint density at radius 1 is 1.06 bits per heavy atom. The van der Waals surface area contributed by atoms with Crippen LogP contribution in [-0.4, -0.2) is 7.05 Å². The Balaban J connectivity index is 2.44. The lowest BCUT2D eigenvalue weighted by molar-refractivity contribution is 0.630. The Morgan fingerprint density at radius 2 is 1.89 bits per heavy atom. The number of aryl methyl sites for hydroxylation is 1. The molecule has 0 heterocycles. The molecule has 0 radical (unpaired) electrons. The van der Waals surface area contributed by atoms with Crippen molar-refractivity contribution in [2.45, 2.75) is 19.9 Å². The highest BCUT2D eigenvalue weighted by Gasteiger charge is 2.06. The van der Waals surface area contributed by atoms with Crippen LogP contribution in [0.4, 0.5) is 4.39 Å². The molecular formula is C16H18FN. The molecule has 0 aromatic heterocycles. The van der Waals surface area contributed by atoms with Crippen LogP contribution in [0.5, 0.6) is 0 Å². The van der Waals surface area contributed by atoms with Gasteiger partial charge in [-0.05, 0) is 42.3 Å². The molecule has 0 atom stereocenters. The van der Waals surface area contributed by atoms with E-state index >= 15 is 0 Å². The molecule has 2 aromatic carbocycles. The zero-order valence-electron chi connectivity index (χ0n) is 10.8. The highest BCUT2D eigenvalue weighted by molar-refractivity contribution is 5.65. The predicted octanol–water partition coefficient (Wildman–Crippen LogP) is 3.77. The van der Waals surface area contributed by atoms with Crippen LogP contribution in [0.2, 0.25) is 0 Å². The summed E-state index contributed by atoms with van der Waals surface area (Å²) in [6.07, 6.45) is 0.964. The second-order valence-corrected chi connectivity index (χ2v) is 4.40. The predicted molar refractivity (Wildman–Crippen MR) is 74.0 cm³/mol. The van der Waals surface area contributed by atoms with E-state index in [-0.39, 0.29) is 5.82 Å². The minimum atomic E-state index is -0.164. The van der Waals surface area contributed by atoms with Crippen LogP contribution in [0.15, 0.2) is 42.5 Å². The summed E-state index contributed by atoms with van der Waals surface area (Å²) in [4.78, 5) is 0. The van der Waals surface area contributed by atoms with Gasteiger partial charge in [0.25, 0.3) is 0 Å². The van der Waals surface area contributed by atoms with Crippen LogP contribution in [0.1, 0.15) is 18.1 Å². The average molecular weight is 243 g/mol. The minimum Gasteiger partial charge on any atom is -0.316 e. The first kappa shape index (κ1) is 12.8. The molecule has 0 saturated heterocycles. The molecule has 2 rings (SSSR count). The second kappa shape index (κ2) is 5.78. The maximum atomic E-state index is 13.9. The van der Waals surface area contributed by atoms with Gasteiger partial charge in [0.2, 0.25) is 0 Å². The van der Waals surface area contributed by atoms with Gasteiger partial charge in [-0.1, -0.05) is 37.3 Å². The van der Waals surface area contributed by atoms with Crippen molar-refractivity contribution < 1.29 is 4.39 Å². The molecular weight excluding hydrogens is 225 g/mol. The summed E-state index contributed by atoms with van der Waals surface area (Å²) in [5.74, 6) is -0.164. The quantitative estimate of drug-likeness (QED) is 0.861. The molecule has 0 aliphatic rings. The highest BCUT2D eigenvalue weighted by atomic mass is 19.1. The number of hydrogen-bond donors (Lipinski definition) is 1. The van der Waals surface area contributed by atoms with Gasteiger partial charge in [-0.2, -0.15) is 0 Å². The van der Waals surface area contributed by atoms with Gasteiger partial charge in [0, 0.05) is 12.1 Å². The van der Waals surface area contributed by atoms with Gasteiger partial charge in [-0.15, -0.1) is 0 Å². The van der Waals surface area contributed by atoms with Crippen molar-refractivity contribution in [2.24, 2.45) is 0 Å². The van der Waals surface area contributed by atoms with Crippen molar-refractivity contribution in [1.82, 2.24) is 5.32 Å². The Hall–Kier alpha value is -1.67. The summed E-state index contributed by atoms with van der Waals surface area (Å²) < 4.78 is 13.9. The van der Waals surface area contributed by atoms with E-state index in [1.54, 1.807) is 6.07 Å². The van der Waals surface area contributed by atoms with E-state index in [4.69, 9.17) is 0 Å². The summed E-state index contributed by atoms with van der Waals surface area (Å²) in [5, 5.41) is 3.08. The third-order valence-electron chi connectivity index (χ3n) is 3.06. The number of nitrogens with one attached hydrogen (secondary N) is 1. The minimum absolute atomic E-state index is 0.164. The fourth-order valence-corrected chi connectivity index (χ4v) is 2.07.